The number of likely N-dealkylation sites (N-methyl/N-ethyl adjacent to an activating group) is 1. The first-order valence-corrected chi connectivity index (χ1v) is 8.46. The van der Waals surface area contributed by atoms with Gasteiger partial charge in [-0.25, -0.2) is 4.39 Å². The van der Waals surface area contributed by atoms with Crippen LogP contribution in [0.2, 0.25) is 0 Å². The summed E-state index contributed by atoms with van der Waals surface area (Å²) in [6, 6.07) is 6.04. The van der Waals surface area contributed by atoms with Crippen LogP contribution in [0.25, 0.3) is 0 Å². The lowest BCUT2D eigenvalue weighted by Gasteiger charge is -2.27. The fraction of sp³-hybridized carbons (Fsp3) is 0.562. The van der Waals surface area contributed by atoms with Crippen molar-refractivity contribution in [1.82, 2.24) is 10.2 Å². The van der Waals surface area contributed by atoms with Crippen molar-refractivity contribution in [2.75, 3.05) is 40.0 Å². The van der Waals surface area contributed by atoms with E-state index in [4.69, 9.17) is 4.74 Å². The van der Waals surface area contributed by atoms with Crippen LogP contribution in [-0.2, 0) is 0 Å². The molecule has 124 valence electrons. The summed E-state index contributed by atoms with van der Waals surface area (Å²) in [4.78, 5) is 6.29. The monoisotopic (exact) mass is 327 g/mol. The van der Waals surface area contributed by atoms with E-state index >= 15 is 0 Å². The van der Waals surface area contributed by atoms with Gasteiger partial charge in [0.1, 0.15) is 18.2 Å². The van der Waals surface area contributed by atoms with Crippen molar-refractivity contribution in [2.45, 2.75) is 18.6 Å². The zero-order chi connectivity index (χ0) is 16.6. The Morgan fingerprint density at radius 2 is 2.00 bits per heavy atom. The van der Waals surface area contributed by atoms with Crippen LogP contribution in [-0.4, -0.2) is 55.7 Å². The molecule has 0 saturated heterocycles. The number of halogens is 1. The van der Waals surface area contributed by atoms with Crippen LogP contribution in [0.1, 0.15) is 13.8 Å². The molecule has 0 atom stereocenters. The molecule has 1 N–H and O–H groups in total. The number of benzene rings is 1. The maximum atomic E-state index is 12.8. The average molecular weight is 327 g/mol. The van der Waals surface area contributed by atoms with E-state index in [0.717, 1.165) is 12.5 Å². The van der Waals surface area contributed by atoms with Gasteiger partial charge in [-0.05, 0) is 44.4 Å². The number of aliphatic imine (C=N–C) groups is 1. The Hall–Kier alpha value is -1.43. The Morgan fingerprint density at radius 1 is 1.36 bits per heavy atom. The Morgan fingerprint density at radius 3 is 2.55 bits per heavy atom. The van der Waals surface area contributed by atoms with E-state index < -0.39 is 0 Å². The van der Waals surface area contributed by atoms with E-state index in [1.165, 1.54) is 12.1 Å². The van der Waals surface area contributed by atoms with Crippen LogP contribution in [0.4, 0.5) is 4.39 Å². The molecular weight excluding hydrogens is 301 g/mol. The lowest BCUT2D eigenvalue weighted by molar-refractivity contribution is 0.281. The van der Waals surface area contributed by atoms with Gasteiger partial charge in [0, 0.05) is 25.4 Å². The molecule has 0 saturated carbocycles. The van der Waals surface area contributed by atoms with Crippen LogP contribution in [0.3, 0.4) is 0 Å². The molecule has 0 bridgehead atoms. The zero-order valence-corrected chi connectivity index (χ0v) is 14.8. The summed E-state index contributed by atoms with van der Waals surface area (Å²) in [6.07, 6.45) is 2.10. The predicted octanol–water partition coefficient (Wildman–Crippen LogP) is 2.85. The molecule has 6 heteroatoms. The van der Waals surface area contributed by atoms with E-state index in [2.05, 4.69) is 30.4 Å². The molecule has 22 heavy (non-hydrogen) atoms. The van der Waals surface area contributed by atoms with E-state index in [1.54, 1.807) is 19.2 Å². The first-order valence-electron chi connectivity index (χ1n) is 7.23. The van der Waals surface area contributed by atoms with Crippen LogP contribution in [0.15, 0.2) is 29.3 Å². The Kier molecular flexibility index (Phi) is 7.51. The van der Waals surface area contributed by atoms with Gasteiger partial charge < -0.3 is 15.0 Å². The number of hydrogen-bond donors (Lipinski definition) is 1. The fourth-order valence-corrected chi connectivity index (χ4v) is 1.90. The number of nitrogens with zero attached hydrogens (tertiary/aromatic N) is 2. The highest BCUT2D eigenvalue weighted by Crippen LogP contribution is 2.19. The van der Waals surface area contributed by atoms with Crippen molar-refractivity contribution in [3.05, 3.63) is 30.1 Å². The highest BCUT2D eigenvalue weighted by Gasteiger charge is 2.17. The Bertz CT molecular complexity index is 477. The molecule has 0 unspecified atom stereocenters. The van der Waals surface area contributed by atoms with Crippen molar-refractivity contribution < 1.29 is 9.13 Å². The third-order valence-electron chi connectivity index (χ3n) is 3.31. The standard InChI is InChI=1S/C16H26FN3OS/c1-16(2,22-5)12-19-15(18-3)20(4)10-11-21-14-8-6-13(17)7-9-14/h6-9H,10-12H2,1-5H3,(H,18,19). The number of hydrogen-bond acceptors (Lipinski definition) is 3. The molecule has 1 aromatic rings. The van der Waals surface area contributed by atoms with Crippen molar-refractivity contribution in [3.63, 3.8) is 0 Å². The molecule has 0 heterocycles. The summed E-state index contributed by atoms with van der Waals surface area (Å²) in [7, 11) is 3.74. The predicted molar refractivity (Wildman–Crippen MR) is 93.5 cm³/mol. The quantitative estimate of drug-likeness (QED) is 0.617. The van der Waals surface area contributed by atoms with E-state index in [1.807, 2.05) is 23.7 Å². The van der Waals surface area contributed by atoms with Gasteiger partial charge in [-0.1, -0.05) is 0 Å². The SMILES string of the molecule is CN=C(NCC(C)(C)SC)N(C)CCOc1ccc(F)cc1. The summed E-state index contributed by atoms with van der Waals surface area (Å²) in [5, 5.41) is 3.37. The van der Waals surface area contributed by atoms with Gasteiger partial charge in [0.2, 0.25) is 0 Å². The minimum atomic E-state index is -0.259. The minimum absolute atomic E-state index is 0.154. The Balaban J connectivity index is 2.39. The molecule has 1 aromatic carbocycles. The fourth-order valence-electron chi connectivity index (χ4n) is 1.69. The third-order valence-corrected chi connectivity index (χ3v) is 4.56. The van der Waals surface area contributed by atoms with Gasteiger partial charge in [-0.15, -0.1) is 0 Å². The first-order chi connectivity index (χ1) is 10.4. The van der Waals surface area contributed by atoms with E-state index in [9.17, 15) is 4.39 Å². The highest BCUT2D eigenvalue weighted by molar-refractivity contribution is 7.99. The van der Waals surface area contributed by atoms with Gasteiger partial charge in [0.15, 0.2) is 5.96 Å². The minimum Gasteiger partial charge on any atom is -0.492 e. The molecule has 0 aliphatic carbocycles. The van der Waals surface area contributed by atoms with Crippen LogP contribution >= 0.6 is 11.8 Å². The second-order valence-electron chi connectivity index (χ2n) is 5.59. The Labute approximate surface area is 137 Å². The van der Waals surface area contributed by atoms with Crippen molar-refractivity contribution >= 4 is 17.7 Å². The number of rotatable bonds is 7. The molecule has 0 radical (unpaired) electrons. The van der Waals surface area contributed by atoms with E-state index in [-0.39, 0.29) is 10.6 Å². The first kappa shape index (κ1) is 18.6. The lowest BCUT2D eigenvalue weighted by Crippen LogP contribution is -2.45. The summed E-state index contributed by atoms with van der Waals surface area (Å²) >= 11 is 1.82. The zero-order valence-electron chi connectivity index (χ0n) is 14.0. The summed E-state index contributed by atoms with van der Waals surface area (Å²) < 4.78 is 18.6. The second-order valence-corrected chi connectivity index (χ2v) is 7.10. The van der Waals surface area contributed by atoms with Crippen molar-refractivity contribution in [3.8, 4) is 5.75 Å². The van der Waals surface area contributed by atoms with Gasteiger partial charge in [0.05, 0.1) is 6.54 Å². The summed E-state index contributed by atoms with van der Waals surface area (Å²) in [5.74, 6) is 1.25. The van der Waals surface area contributed by atoms with Gasteiger partial charge >= 0.3 is 0 Å². The maximum absolute atomic E-state index is 12.8. The van der Waals surface area contributed by atoms with Gasteiger partial charge in [-0.2, -0.15) is 11.8 Å². The lowest BCUT2D eigenvalue weighted by atomic mass is 10.2. The van der Waals surface area contributed by atoms with Gasteiger partial charge in [0.25, 0.3) is 0 Å². The van der Waals surface area contributed by atoms with Crippen molar-refractivity contribution in [2.24, 2.45) is 4.99 Å². The smallest absolute Gasteiger partial charge is 0.193 e. The second kappa shape index (κ2) is 8.88. The molecule has 0 aromatic heterocycles. The van der Waals surface area contributed by atoms with Crippen molar-refractivity contribution in [1.29, 1.82) is 0 Å². The topological polar surface area (TPSA) is 36.9 Å². The molecule has 0 aliphatic heterocycles. The summed E-state index contributed by atoms with van der Waals surface area (Å²) in [6.45, 7) is 6.42. The average Bonchev–Trinajstić information content (AvgIpc) is 2.50. The molecule has 1 rings (SSSR count). The van der Waals surface area contributed by atoms with E-state index in [0.29, 0.717) is 18.9 Å². The number of guanidine groups is 1. The molecule has 0 aliphatic rings. The van der Waals surface area contributed by atoms with Crippen LogP contribution in [0, 0.1) is 5.82 Å². The van der Waals surface area contributed by atoms with Crippen LogP contribution < -0.4 is 10.1 Å². The normalized spacial score (nSPS) is 12.2. The molecular formula is C16H26FN3OS. The molecule has 0 amide bonds. The van der Waals surface area contributed by atoms with Gasteiger partial charge in [-0.3, -0.25) is 4.99 Å². The number of thioether (sulfide) groups is 1. The molecule has 0 fully saturated rings. The van der Waals surface area contributed by atoms with Crippen LogP contribution in [0.5, 0.6) is 5.75 Å². The number of nitrogens with one attached hydrogen (secondary N) is 1. The number of ether oxygens (including phenoxy) is 1. The largest absolute Gasteiger partial charge is 0.492 e. The summed E-state index contributed by atoms with van der Waals surface area (Å²) in [5.41, 5.74) is 0. The molecule has 0 spiro atoms. The highest BCUT2D eigenvalue weighted by atomic mass is 32.2. The third kappa shape index (κ3) is 6.56. The maximum Gasteiger partial charge on any atom is 0.193 e. The molecule has 4 nitrogen and oxygen atoms in total.